The van der Waals surface area contributed by atoms with Gasteiger partial charge in [-0.1, -0.05) is 0 Å². The second-order valence-electron chi connectivity index (χ2n) is 5.68. The SMILES string of the molecule is CC(C)N1C(=O)CC(N(CC(=O)O)CC2CC2)C1=O. The molecule has 1 aliphatic carbocycles. The highest BCUT2D eigenvalue weighted by Gasteiger charge is 2.44. The van der Waals surface area contributed by atoms with E-state index in [-0.39, 0.29) is 30.8 Å². The molecule has 1 N–H and O–H groups in total. The van der Waals surface area contributed by atoms with E-state index in [1.807, 2.05) is 0 Å². The number of amides is 2. The number of carboxylic acid groups (broad SMARTS) is 1. The van der Waals surface area contributed by atoms with Crippen LogP contribution in [0.1, 0.15) is 33.1 Å². The predicted molar refractivity (Wildman–Crippen MR) is 67.3 cm³/mol. The van der Waals surface area contributed by atoms with Crippen molar-refractivity contribution in [2.24, 2.45) is 5.92 Å². The molecule has 0 spiro atoms. The van der Waals surface area contributed by atoms with Crippen LogP contribution in [0.3, 0.4) is 0 Å². The lowest BCUT2D eigenvalue weighted by Crippen LogP contribution is -2.46. The molecule has 1 heterocycles. The van der Waals surface area contributed by atoms with Crippen LogP contribution in [-0.2, 0) is 14.4 Å². The topological polar surface area (TPSA) is 77.9 Å². The van der Waals surface area contributed by atoms with Crippen molar-refractivity contribution in [3.05, 3.63) is 0 Å². The van der Waals surface area contributed by atoms with Gasteiger partial charge in [0.2, 0.25) is 11.8 Å². The Kier molecular flexibility index (Phi) is 3.89. The molecule has 0 aromatic rings. The number of carbonyl (C=O) groups is 3. The molecule has 2 aliphatic rings. The standard InChI is InChI=1S/C13H20N2O4/c1-8(2)15-11(16)5-10(13(15)19)14(7-12(17)18)6-9-3-4-9/h8-10H,3-7H2,1-2H3,(H,17,18). The first-order chi connectivity index (χ1) is 8.90. The number of imide groups is 1. The zero-order chi connectivity index (χ0) is 14.2. The molecular weight excluding hydrogens is 248 g/mol. The minimum atomic E-state index is -0.955. The largest absolute Gasteiger partial charge is 0.480 e. The molecule has 1 saturated heterocycles. The Hall–Kier alpha value is -1.43. The third-order valence-corrected chi connectivity index (χ3v) is 3.64. The van der Waals surface area contributed by atoms with E-state index in [0.717, 1.165) is 12.8 Å². The van der Waals surface area contributed by atoms with Crippen LogP contribution in [-0.4, -0.2) is 57.9 Å². The summed E-state index contributed by atoms with van der Waals surface area (Å²) in [6.45, 7) is 4.01. The van der Waals surface area contributed by atoms with Crippen molar-refractivity contribution in [3.63, 3.8) is 0 Å². The number of carboxylic acids is 1. The van der Waals surface area contributed by atoms with E-state index in [1.165, 1.54) is 4.90 Å². The Balaban J connectivity index is 2.10. The first kappa shape index (κ1) is 14.0. The van der Waals surface area contributed by atoms with E-state index < -0.39 is 12.0 Å². The highest BCUT2D eigenvalue weighted by Crippen LogP contribution is 2.32. The van der Waals surface area contributed by atoms with Crippen LogP contribution in [0.5, 0.6) is 0 Å². The molecule has 1 unspecified atom stereocenters. The molecular formula is C13H20N2O4. The zero-order valence-electron chi connectivity index (χ0n) is 11.3. The predicted octanol–water partition coefficient (Wildman–Crippen LogP) is 0.319. The van der Waals surface area contributed by atoms with Gasteiger partial charge in [0, 0.05) is 12.6 Å². The average Bonchev–Trinajstić information content (AvgIpc) is 3.02. The summed E-state index contributed by atoms with van der Waals surface area (Å²) in [7, 11) is 0. The van der Waals surface area contributed by atoms with Gasteiger partial charge in [-0.2, -0.15) is 0 Å². The fourth-order valence-electron chi connectivity index (χ4n) is 2.57. The van der Waals surface area contributed by atoms with Gasteiger partial charge < -0.3 is 5.11 Å². The fourth-order valence-corrected chi connectivity index (χ4v) is 2.57. The maximum absolute atomic E-state index is 12.3. The summed E-state index contributed by atoms with van der Waals surface area (Å²) in [5, 5.41) is 8.95. The van der Waals surface area contributed by atoms with Crippen molar-refractivity contribution >= 4 is 17.8 Å². The first-order valence-electron chi connectivity index (χ1n) is 6.72. The summed E-state index contributed by atoms with van der Waals surface area (Å²) < 4.78 is 0. The zero-order valence-corrected chi connectivity index (χ0v) is 11.3. The van der Waals surface area contributed by atoms with E-state index in [4.69, 9.17) is 5.11 Å². The average molecular weight is 268 g/mol. The molecule has 2 rings (SSSR count). The molecule has 19 heavy (non-hydrogen) atoms. The van der Waals surface area contributed by atoms with E-state index >= 15 is 0 Å². The highest BCUT2D eigenvalue weighted by atomic mass is 16.4. The summed E-state index contributed by atoms with van der Waals surface area (Å²) >= 11 is 0. The Labute approximate surface area is 112 Å². The number of hydrogen-bond donors (Lipinski definition) is 1. The van der Waals surface area contributed by atoms with Crippen molar-refractivity contribution in [2.75, 3.05) is 13.1 Å². The number of aliphatic carboxylic acids is 1. The Bertz CT molecular complexity index is 403. The number of likely N-dealkylation sites (tertiary alicyclic amines) is 1. The molecule has 0 aromatic carbocycles. The fraction of sp³-hybridized carbons (Fsp3) is 0.769. The highest BCUT2D eigenvalue weighted by molar-refractivity contribution is 6.05. The Morgan fingerprint density at radius 1 is 1.42 bits per heavy atom. The molecule has 2 amide bonds. The first-order valence-corrected chi connectivity index (χ1v) is 6.72. The minimum Gasteiger partial charge on any atom is -0.480 e. The van der Waals surface area contributed by atoms with Crippen LogP contribution < -0.4 is 0 Å². The lowest BCUT2D eigenvalue weighted by atomic mass is 10.2. The number of nitrogens with zero attached hydrogens (tertiary/aromatic N) is 2. The summed E-state index contributed by atoms with van der Waals surface area (Å²) in [6.07, 6.45) is 2.27. The van der Waals surface area contributed by atoms with Gasteiger partial charge in [0.25, 0.3) is 0 Å². The van der Waals surface area contributed by atoms with E-state index in [0.29, 0.717) is 12.5 Å². The van der Waals surface area contributed by atoms with Gasteiger partial charge in [0.15, 0.2) is 0 Å². The normalized spacial score (nSPS) is 23.8. The summed E-state index contributed by atoms with van der Waals surface area (Å²) in [5.41, 5.74) is 0. The maximum Gasteiger partial charge on any atom is 0.317 e. The van der Waals surface area contributed by atoms with Gasteiger partial charge in [-0.05, 0) is 32.6 Å². The lowest BCUT2D eigenvalue weighted by Gasteiger charge is -2.26. The molecule has 0 bridgehead atoms. The second kappa shape index (κ2) is 5.28. The second-order valence-corrected chi connectivity index (χ2v) is 5.68. The van der Waals surface area contributed by atoms with E-state index in [1.54, 1.807) is 18.7 Å². The Morgan fingerprint density at radius 3 is 2.47 bits per heavy atom. The third-order valence-electron chi connectivity index (χ3n) is 3.64. The summed E-state index contributed by atoms with van der Waals surface area (Å²) in [4.78, 5) is 37.9. The maximum atomic E-state index is 12.3. The summed E-state index contributed by atoms with van der Waals surface area (Å²) in [5.74, 6) is -0.919. The van der Waals surface area contributed by atoms with Crippen LogP contribution in [0.2, 0.25) is 0 Å². The number of rotatable bonds is 6. The van der Waals surface area contributed by atoms with Crippen LogP contribution in [0, 0.1) is 5.92 Å². The van der Waals surface area contributed by atoms with E-state index in [2.05, 4.69) is 0 Å². The summed E-state index contributed by atoms with van der Waals surface area (Å²) in [6, 6.07) is -0.760. The minimum absolute atomic E-state index is 0.108. The molecule has 106 valence electrons. The van der Waals surface area contributed by atoms with Crippen molar-refractivity contribution in [2.45, 2.75) is 45.2 Å². The van der Waals surface area contributed by atoms with Gasteiger partial charge in [-0.25, -0.2) is 0 Å². The lowest BCUT2D eigenvalue weighted by molar-refractivity contribution is -0.142. The quantitative estimate of drug-likeness (QED) is 0.702. The third kappa shape index (κ3) is 3.12. The van der Waals surface area contributed by atoms with Crippen molar-refractivity contribution in [3.8, 4) is 0 Å². The number of carbonyl (C=O) groups excluding carboxylic acids is 2. The molecule has 6 nitrogen and oxygen atoms in total. The van der Waals surface area contributed by atoms with Gasteiger partial charge in [0.05, 0.1) is 19.0 Å². The van der Waals surface area contributed by atoms with Crippen molar-refractivity contribution in [1.29, 1.82) is 0 Å². The number of hydrogen-bond acceptors (Lipinski definition) is 4. The van der Waals surface area contributed by atoms with Crippen molar-refractivity contribution < 1.29 is 19.5 Å². The smallest absolute Gasteiger partial charge is 0.317 e. The van der Waals surface area contributed by atoms with Crippen LogP contribution in [0.4, 0.5) is 0 Å². The van der Waals surface area contributed by atoms with E-state index in [9.17, 15) is 14.4 Å². The van der Waals surface area contributed by atoms with Gasteiger partial charge in [0.1, 0.15) is 0 Å². The molecule has 1 aliphatic heterocycles. The monoisotopic (exact) mass is 268 g/mol. The van der Waals surface area contributed by atoms with Gasteiger partial charge in [-0.15, -0.1) is 0 Å². The molecule has 2 fully saturated rings. The Morgan fingerprint density at radius 2 is 2.05 bits per heavy atom. The molecule has 0 aromatic heterocycles. The van der Waals surface area contributed by atoms with Crippen LogP contribution in [0.15, 0.2) is 0 Å². The molecule has 6 heteroatoms. The molecule has 1 saturated carbocycles. The van der Waals surface area contributed by atoms with Crippen molar-refractivity contribution in [1.82, 2.24) is 9.80 Å². The van der Waals surface area contributed by atoms with Gasteiger partial charge in [-0.3, -0.25) is 24.2 Å². The van der Waals surface area contributed by atoms with Gasteiger partial charge >= 0.3 is 5.97 Å². The van der Waals surface area contributed by atoms with Crippen LogP contribution in [0.25, 0.3) is 0 Å². The molecule has 0 radical (unpaired) electrons. The molecule has 1 atom stereocenters. The van der Waals surface area contributed by atoms with Crippen LogP contribution >= 0.6 is 0 Å².